The molecule has 2 rings (SSSR count). The van der Waals surface area contributed by atoms with Crippen LogP contribution in [0, 0.1) is 0 Å². The molecule has 0 saturated heterocycles. The predicted molar refractivity (Wildman–Crippen MR) is 62.7 cm³/mol. The van der Waals surface area contributed by atoms with Gasteiger partial charge in [-0.05, 0) is 30.7 Å². The van der Waals surface area contributed by atoms with Gasteiger partial charge in [-0.1, -0.05) is 12.1 Å². The van der Waals surface area contributed by atoms with Crippen LogP contribution in [0.3, 0.4) is 0 Å². The van der Waals surface area contributed by atoms with Crippen LogP contribution in [0.2, 0.25) is 0 Å². The predicted octanol–water partition coefficient (Wildman–Crippen LogP) is 1.08. The molecule has 0 bridgehead atoms. The lowest BCUT2D eigenvalue weighted by atomic mass is 10.1. The summed E-state index contributed by atoms with van der Waals surface area (Å²) < 4.78 is 5.63. The zero-order chi connectivity index (χ0) is 11.4. The van der Waals surface area contributed by atoms with Crippen LogP contribution in [-0.2, 0) is 11.2 Å². The molecule has 16 heavy (non-hydrogen) atoms. The maximum Gasteiger partial charge on any atom is 0.188 e. The van der Waals surface area contributed by atoms with Crippen molar-refractivity contribution >= 4 is 5.90 Å². The lowest BCUT2D eigenvalue weighted by molar-refractivity contribution is 0.212. The van der Waals surface area contributed by atoms with Crippen molar-refractivity contribution in [3.05, 3.63) is 29.8 Å². The second kappa shape index (κ2) is 4.99. The van der Waals surface area contributed by atoms with Crippen molar-refractivity contribution in [1.29, 1.82) is 0 Å². The van der Waals surface area contributed by atoms with Crippen LogP contribution in [0.15, 0.2) is 29.3 Å². The number of ether oxygens (including phenoxy) is 1. The maximum absolute atomic E-state index is 9.33. The second-order valence-electron chi connectivity index (χ2n) is 3.90. The first-order valence-electron chi connectivity index (χ1n) is 5.46. The molecule has 1 aliphatic heterocycles. The van der Waals surface area contributed by atoms with Gasteiger partial charge in [0.15, 0.2) is 5.90 Å². The van der Waals surface area contributed by atoms with E-state index in [0.717, 1.165) is 17.9 Å². The molecule has 1 aromatic carbocycles. The second-order valence-corrected chi connectivity index (χ2v) is 3.90. The standard InChI is InChI=1S/C12H16N2O2/c13-5-4-11-8-14-12(16-11)7-9-2-1-3-10(15)6-9/h1-3,6,11,15H,4-5,7-8,13H2. The average Bonchev–Trinajstić information content (AvgIpc) is 2.66. The number of benzene rings is 1. The summed E-state index contributed by atoms with van der Waals surface area (Å²) in [5.74, 6) is 1.01. The third-order valence-electron chi connectivity index (χ3n) is 2.53. The fraction of sp³-hybridized carbons (Fsp3) is 0.417. The number of rotatable bonds is 4. The minimum Gasteiger partial charge on any atom is -0.508 e. The molecule has 1 unspecified atom stereocenters. The van der Waals surface area contributed by atoms with E-state index in [-0.39, 0.29) is 11.9 Å². The van der Waals surface area contributed by atoms with E-state index < -0.39 is 0 Å². The number of hydrogen-bond acceptors (Lipinski definition) is 4. The molecular formula is C12H16N2O2. The summed E-state index contributed by atoms with van der Waals surface area (Å²) >= 11 is 0. The van der Waals surface area contributed by atoms with E-state index in [4.69, 9.17) is 10.5 Å². The summed E-state index contributed by atoms with van der Waals surface area (Å²) in [6, 6.07) is 7.14. The molecule has 0 amide bonds. The van der Waals surface area contributed by atoms with Gasteiger partial charge in [-0.15, -0.1) is 0 Å². The van der Waals surface area contributed by atoms with E-state index in [0.29, 0.717) is 19.5 Å². The Balaban J connectivity index is 1.92. The minimum absolute atomic E-state index is 0.136. The molecule has 0 spiro atoms. The highest BCUT2D eigenvalue weighted by molar-refractivity contribution is 5.80. The molecule has 3 N–H and O–H groups in total. The van der Waals surface area contributed by atoms with Crippen molar-refractivity contribution in [3.63, 3.8) is 0 Å². The third kappa shape index (κ3) is 2.73. The minimum atomic E-state index is 0.136. The van der Waals surface area contributed by atoms with Crippen LogP contribution in [0.5, 0.6) is 5.75 Å². The molecule has 1 aromatic rings. The topological polar surface area (TPSA) is 67.8 Å². The molecule has 4 heteroatoms. The lowest BCUT2D eigenvalue weighted by Gasteiger charge is -2.09. The molecule has 1 atom stereocenters. The Kier molecular flexibility index (Phi) is 3.41. The Morgan fingerprint density at radius 1 is 1.50 bits per heavy atom. The fourth-order valence-electron chi connectivity index (χ4n) is 1.75. The summed E-state index contributed by atoms with van der Waals surface area (Å²) in [4.78, 5) is 4.32. The summed E-state index contributed by atoms with van der Waals surface area (Å²) in [5.41, 5.74) is 6.47. The van der Waals surface area contributed by atoms with Gasteiger partial charge in [0.2, 0.25) is 0 Å². The highest BCUT2D eigenvalue weighted by atomic mass is 16.5. The molecule has 1 heterocycles. The van der Waals surface area contributed by atoms with Crippen LogP contribution in [0.25, 0.3) is 0 Å². The first-order valence-corrected chi connectivity index (χ1v) is 5.46. The molecular weight excluding hydrogens is 204 g/mol. The van der Waals surface area contributed by atoms with Crippen LogP contribution in [0.4, 0.5) is 0 Å². The molecule has 0 radical (unpaired) electrons. The zero-order valence-corrected chi connectivity index (χ0v) is 9.10. The van der Waals surface area contributed by atoms with Crippen LogP contribution >= 0.6 is 0 Å². The van der Waals surface area contributed by atoms with Gasteiger partial charge in [-0.25, -0.2) is 0 Å². The zero-order valence-electron chi connectivity index (χ0n) is 9.10. The van der Waals surface area contributed by atoms with Crippen molar-refractivity contribution < 1.29 is 9.84 Å². The summed E-state index contributed by atoms with van der Waals surface area (Å²) in [6.45, 7) is 1.32. The van der Waals surface area contributed by atoms with Gasteiger partial charge in [0.05, 0.1) is 6.54 Å². The van der Waals surface area contributed by atoms with Gasteiger partial charge in [0.25, 0.3) is 0 Å². The van der Waals surface area contributed by atoms with Crippen LogP contribution in [-0.4, -0.2) is 30.2 Å². The number of nitrogens with two attached hydrogens (primary N) is 1. The van der Waals surface area contributed by atoms with Gasteiger partial charge in [-0.2, -0.15) is 0 Å². The lowest BCUT2D eigenvalue weighted by Crippen LogP contribution is -2.18. The summed E-state index contributed by atoms with van der Waals surface area (Å²) in [5, 5.41) is 9.33. The van der Waals surface area contributed by atoms with Crippen molar-refractivity contribution in [2.45, 2.75) is 18.9 Å². The van der Waals surface area contributed by atoms with E-state index in [1.165, 1.54) is 0 Å². The van der Waals surface area contributed by atoms with Crippen molar-refractivity contribution in [3.8, 4) is 5.75 Å². The first kappa shape index (κ1) is 11.0. The number of hydrogen-bond donors (Lipinski definition) is 2. The number of phenolic OH excluding ortho intramolecular Hbond substituents is 1. The van der Waals surface area contributed by atoms with Crippen molar-refractivity contribution in [1.82, 2.24) is 0 Å². The third-order valence-corrected chi connectivity index (χ3v) is 2.53. The van der Waals surface area contributed by atoms with Crippen LogP contribution in [0.1, 0.15) is 12.0 Å². The van der Waals surface area contributed by atoms with Gasteiger partial charge in [0.1, 0.15) is 11.9 Å². The van der Waals surface area contributed by atoms with Crippen molar-refractivity contribution in [2.24, 2.45) is 10.7 Å². The van der Waals surface area contributed by atoms with Gasteiger partial charge < -0.3 is 15.6 Å². The Labute approximate surface area is 94.8 Å². The first-order chi connectivity index (χ1) is 7.78. The molecule has 1 aliphatic rings. The molecule has 4 nitrogen and oxygen atoms in total. The van der Waals surface area contributed by atoms with Crippen molar-refractivity contribution in [2.75, 3.05) is 13.1 Å². The highest BCUT2D eigenvalue weighted by Crippen LogP contribution is 2.15. The Bertz CT molecular complexity index is 390. The molecule has 0 aromatic heterocycles. The van der Waals surface area contributed by atoms with E-state index in [2.05, 4.69) is 4.99 Å². The van der Waals surface area contributed by atoms with Gasteiger partial charge in [0, 0.05) is 6.42 Å². The number of nitrogens with zero attached hydrogens (tertiary/aromatic N) is 1. The van der Waals surface area contributed by atoms with E-state index in [1.54, 1.807) is 12.1 Å². The SMILES string of the molecule is NCCC1CN=C(Cc2cccc(O)c2)O1. The van der Waals surface area contributed by atoms with E-state index >= 15 is 0 Å². The summed E-state index contributed by atoms with van der Waals surface area (Å²) in [6.07, 6.45) is 1.61. The van der Waals surface area contributed by atoms with Gasteiger partial charge >= 0.3 is 0 Å². The number of aliphatic imine (C=N–C) groups is 1. The van der Waals surface area contributed by atoms with Crippen LogP contribution < -0.4 is 5.73 Å². The van der Waals surface area contributed by atoms with E-state index in [1.807, 2.05) is 12.1 Å². The summed E-state index contributed by atoms with van der Waals surface area (Å²) in [7, 11) is 0. The van der Waals surface area contributed by atoms with Gasteiger partial charge in [-0.3, -0.25) is 4.99 Å². The molecule has 86 valence electrons. The quantitative estimate of drug-likeness (QED) is 0.797. The monoisotopic (exact) mass is 220 g/mol. The normalized spacial score (nSPS) is 19.3. The van der Waals surface area contributed by atoms with E-state index in [9.17, 15) is 5.11 Å². The molecule has 0 fully saturated rings. The molecule has 0 saturated carbocycles. The highest BCUT2D eigenvalue weighted by Gasteiger charge is 2.18. The average molecular weight is 220 g/mol. The number of phenols is 1. The maximum atomic E-state index is 9.33. The Morgan fingerprint density at radius 3 is 3.12 bits per heavy atom. The Hall–Kier alpha value is -1.55. The smallest absolute Gasteiger partial charge is 0.188 e. The fourth-order valence-corrected chi connectivity index (χ4v) is 1.75. The Morgan fingerprint density at radius 2 is 2.38 bits per heavy atom. The number of aromatic hydroxyl groups is 1. The largest absolute Gasteiger partial charge is 0.508 e. The molecule has 0 aliphatic carbocycles.